The first-order valence-electron chi connectivity index (χ1n) is 8.86. The average Bonchev–Trinajstić information content (AvgIpc) is 2.95. The Balaban J connectivity index is 1.56. The standard InChI is InChI=1S/C18H30N2O/c1-14(2)12-18(9-3-4-10-18)16-13-20-17(21-16)6-5-11-19-15-7-8-15/h13-15,19H,3-12H2,1-2H3. The number of aryl methyl sites for hydroxylation is 1. The van der Waals surface area contributed by atoms with Crippen LogP contribution in [-0.4, -0.2) is 17.6 Å². The molecular weight excluding hydrogens is 260 g/mol. The zero-order chi connectivity index (χ0) is 14.7. The summed E-state index contributed by atoms with van der Waals surface area (Å²) in [5.74, 6) is 2.83. The lowest BCUT2D eigenvalue weighted by molar-refractivity contribution is 0.276. The van der Waals surface area contributed by atoms with E-state index >= 15 is 0 Å². The van der Waals surface area contributed by atoms with Crippen molar-refractivity contribution in [1.82, 2.24) is 10.3 Å². The molecule has 0 radical (unpaired) electrons. The highest BCUT2D eigenvalue weighted by Gasteiger charge is 2.39. The smallest absolute Gasteiger partial charge is 0.194 e. The van der Waals surface area contributed by atoms with Crippen molar-refractivity contribution in [3.05, 3.63) is 17.8 Å². The molecule has 0 aliphatic heterocycles. The molecular formula is C18H30N2O. The van der Waals surface area contributed by atoms with Gasteiger partial charge in [0.05, 0.1) is 6.20 Å². The largest absolute Gasteiger partial charge is 0.445 e. The molecule has 2 aliphatic carbocycles. The predicted molar refractivity (Wildman–Crippen MR) is 85.4 cm³/mol. The van der Waals surface area contributed by atoms with E-state index in [2.05, 4.69) is 24.1 Å². The molecule has 2 fully saturated rings. The zero-order valence-electron chi connectivity index (χ0n) is 13.7. The first-order chi connectivity index (χ1) is 10.2. The molecule has 0 unspecified atom stereocenters. The number of oxazole rings is 1. The van der Waals surface area contributed by atoms with Crippen molar-refractivity contribution in [2.45, 2.75) is 83.1 Å². The zero-order valence-corrected chi connectivity index (χ0v) is 13.7. The van der Waals surface area contributed by atoms with Crippen LogP contribution in [0, 0.1) is 5.92 Å². The van der Waals surface area contributed by atoms with Crippen LogP contribution in [0.1, 0.15) is 76.9 Å². The summed E-state index contributed by atoms with van der Waals surface area (Å²) in [4.78, 5) is 4.55. The Morgan fingerprint density at radius 2 is 2.10 bits per heavy atom. The van der Waals surface area contributed by atoms with Crippen molar-refractivity contribution < 1.29 is 4.42 Å². The van der Waals surface area contributed by atoms with Gasteiger partial charge in [-0.05, 0) is 51.0 Å². The van der Waals surface area contributed by atoms with Crippen molar-refractivity contribution in [2.24, 2.45) is 5.92 Å². The fourth-order valence-electron chi connectivity index (χ4n) is 3.89. The van der Waals surface area contributed by atoms with Gasteiger partial charge in [-0.1, -0.05) is 26.7 Å². The Labute approximate surface area is 128 Å². The third-order valence-electron chi connectivity index (χ3n) is 5.01. The maximum atomic E-state index is 6.16. The summed E-state index contributed by atoms with van der Waals surface area (Å²) in [7, 11) is 0. The first kappa shape index (κ1) is 15.1. The molecule has 0 aromatic carbocycles. The highest BCUT2D eigenvalue weighted by atomic mass is 16.4. The molecule has 1 aromatic heterocycles. The molecule has 3 heteroatoms. The third-order valence-corrected chi connectivity index (χ3v) is 5.01. The van der Waals surface area contributed by atoms with Crippen LogP contribution in [-0.2, 0) is 11.8 Å². The van der Waals surface area contributed by atoms with Crippen LogP contribution in [0.2, 0.25) is 0 Å². The quantitative estimate of drug-likeness (QED) is 0.729. The molecule has 0 bridgehead atoms. The first-order valence-corrected chi connectivity index (χ1v) is 8.86. The number of rotatable bonds is 8. The van der Waals surface area contributed by atoms with Gasteiger partial charge in [0.15, 0.2) is 5.89 Å². The van der Waals surface area contributed by atoms with Crippen LogP contribution >= 0.6 is 0 Å². The summed E-state index contributed by atoms with van der Waals surface area (Å²) < 4.78 is 6.16. The Morgan fingerprint density at radius 1 is 1.33 bits per heavy atom. The highest BCUT2D eigenvalue weighted by molar-refractivity contribution is 5.14. The number of nitrogens with one attached hydrogen (secondary N) is 1. The summed E-state index contributed by atoms with van der Waals surface area (Å²) in [6, 6.07) is 0.804. The summed E-state index contributed by atoms with van der Waals surface area (Å²) in [6.45, 7) is 5.74. The normalized spacial score (nSPS) is 21.3. The van der Waals surface area contributed by atoms with Crippen molar-refractivity contribution in [3.63, 3.8) is 0 Å². The minimum atomic E-state index is 0.283. The summed E-state index contributed by atoms with van der Waals surface area (Å²) >= 11 is 0. The van der Waals surface area contributed by atoms with E-state index in [4.69, 9.17) is 4.42 Å². The summed E-state index contributed by atoms with van der Waals surface area (Å²) in [5, 5.41) is 3.55. The molecule has 0 atom stereocenters. The van der Waals surface area contributed by atoms with Crippen LogP contribution in [0.5, 0.6) is 0 Å². The van der Waals surface area contributed by atoms with Gasteiger partial charge in [-0.2, -0.15) is 0 Å². The number of nitrogens with zero attached hydrogens (tertiary/aromatic N) is 1. The number of aromatic nitrogens is 1. The summed E-state index contributed by atoms with van der Waals surface area (Å²) in [6.07, 6.45) is 13.3. The van der Waals surface area contributed by atoms with E-state index in [1.807, 2.05) is 6.20 Å². The molecule has 0 spiro atoms. The second kappa shape index (κ2) is 6.51. The molecule has 1 aromatic rings. The molecule has 1 N–H and O–H groups in total. The van der Waals surface area contributed by atoms with Gasteiger partial charge in [0.1, 0.15) is 5.76 Å². The van der Waals surface area contributed by atoms with Crippen LogP contribution < -0.4 is 5.32 Å². The molecule has 21 heavy (non-hydrogen) atoms. The minimum absolute atomic E-state index is 0.283. The molecule has 2 saturated carbocycles. The van der Waals surface area contributed by atoms with Crippen molar-refractivity contribution in [2.75, 3.05) is 6.54 Å². The van der Waals surface area contributed by atoms with Crippen molar-refractivity contribution in [1.29, 1.82) is 0 Å². The van der Waals surface area contributed by atoms with Gasteiger partial charge in [0, 0.05) is 17.9 Å². The molecule has 2 aliphatic rings. The topological polar surface area (TPSA) is 38.1 Å². The van der Waals surface area contributed by atoms with Crippen LogP contribution in [0.15, 0.2) is 10.6 Å². The summed E-state index contributed by atoms with van der Waals surface area (Å²) in [5.41, 5.74) is 0.283. The van der Waals surface area contributed by atoms with E-state index in [1.165, 1.54) is 50.7 Å². The lowest BCUT2D eigenvalue weighted by Crippen LogP contribution is -2.23. The maximum absolute atomic E-state index is 6.16. The lowest BCUT2D eigenvalue weighted by Gasteiger charge is -2.28. The van der Waals surface area contributed by atoms with Crippen LogP contribution in [0.4, 0.5) is 0 Å². The van der Waals surface area contributed by atoms with Gasteiger partial charge < -0.3 is 9.73 Å². The van der Waals surface area contributed by atoms with Gasteiger partial charge >= 0.3 is 0 Å². The Bertz CT molecular complexity index is 442. The Kier molecular flexibility index (Phi) is 4.68. The fourth-order valence-corrected chi connectivity index (χ4v) is 3.89. The predicted octanol–water partition coefficient (Wildman–Crippen LogP) is 4.22. The minimum Gasteiger partial charge on any atom is -0.445 e. The van der Waals surface area contributed by atoms with Crippen LogP contribution in [0.25, 0.3) is 0 Å². The van der Waals surface area contributed by atoms with Gasteiger partial charge in [-0.25, -0.2) is 4.98 Å². The molecule has 0 amide bonds. The third kappa shape index (κ3) is 3.88. The van der Waals surface area contributed by atoms with E-state index < -0.39 is 0 Å². The molecule has 3 rings (SSSR count). The van der Waals surface area contributed by atoms with Crippen molar-refractivity contribution in [3.8, 4) is 0 Å². The SMILES string of the molecule is CC(C)CC1(c2cnc(CCCNC3CC3)o2)CCCC1. The van der Waals surface area contributed by atoms with Gasteiger partial charge in [0.25, 0.3) is 0 Å². The van der Waals surface area contributed by atoms with E-state index in [0.717, 1.165) is 37.2 Å². The average molecular weight is 290 g/mol. The number of hydrogen-bond acceptors (Lipinski definition) is 3. The van der Waals surface area contributed by atoms with E-state index in [1.54, 1.807) is 0 Å². The van der Waals surface area contributed by atoms with E-state index in [-0.39, 0.29) is 5.41 Å². The fraction of sp³-hybridized carbons (Fsp3) is 0.833. The van der Waals surface area contributed by atoms with Gasteiger partial charge in [0.2, 0.25) is 0 Å². The van der Waals surface area contributed by atoms with Gasteiger partial charge in [-0.3, -0.25) is 0 Å². The van der Waals surface area contributed by atoms with Gasteiger partial charge in [-0.15, -0.1) is 0 Å². The molecule has 3 nitrogen and oxygen atoms in total. The maximum Gasteiger partial charge on any atom is 0.194 e. The van der Waals surface area contributed by atoms with E-state index in [9.17, 15) is 0 Å². The Morgan fingerprint density at radius 3 is 2.76 bits per heavy atom. The van der Waals surface area contributed by atoms with E-state index in [0.29, 0.717) is 0 Å². The Hall–Kier alpha value is -0.830. The monoisotopic (exact) mass is 290 g/mol. The van der Waals surface area contributed by atoms with Crippen molar-refractivity contribution >= 4 is 0 Å². The number of hydrogen-bond donors (Lipinski definition) is 1. The second-order valence-electron chi connectivity index (χ2n) is 7.54. The highest BCUT2D eigenvalue weighted by Crippen LogP contribution is 2.45. The molecule has 118 valence electrons. The molecule has 0 saturated heterocycles. The van der Waals surface area contributed by atoms with Crippen LogP contribution in [0.3, 0.4) is 0 Å². The second-order valence-corrected chi connectivity index (χ2v) is 7.54. The lowest BCUT2D eigenvalue weighted by atomic mass is 9.77. The molecule has 1 heterocycles.